The molecule has 2 aliphatic rings. The van der Waals surface area contributed by atoms with Crippen LogP contribution in [-0.2, 0) is 14.3 Å². The summed E-state index contributed by atoms with van der Waals surface area (Å²) in [5.41, 5.74) is 0.712. The number of carbonyl (C=O) groups is 1. The third-order valence-corrected chi connectivity index (χ3v) is 5.74. The standard InChI is InChI=1S/C21H26O5/c1-6-9-21-12-18(25-5)15(22)11-19(21)26-20(13(21)2)14-7-8-16(23-3)17(10-14)24-4/h6-8,10-11,13,18,20H,1,9,12H2,2-5H3/t13-,18-,20+,21-/m1/s1. The predicted octanol–water partition coefficient (Wildman–Crippen LogP) is 3.85. The number of ketones is 1. The summed E-state index contributed by atoms with van der Waals surface area (Å²) >= 11 is 0. The number of benzene rings is 1. The van der Waals surface area contributed by atoms with Gasteiger partial charge >= 0.3 is 0 Å². The number of hydrogen-bond acceptors (Lipinski definition) is 5. The lowest BCUT2D eigenvalue weighted by molar-refractivity contribution is -0.127. The second-order valence-corrected chi connectivity index (χ2v) is 6.93. The molecular weight excluding hydrogens is 332 g/mol. The Bertz CT molecular complexity index is 738. The number of hydrogen-bond donors (Lipinski definition) is 0. The van der Waals surface area contributed by atoms with Gasteiger partial charge in [0.1, 0.15) is 18.0 Å². The molecule has 0 unspecified atom stereocenters. The molecule has 0 saturated carbocycles. The van der Waals surface area contributed by atoms with Crippen LogP contribution in [0.1, 0.15) is 31.4 Å². The van der Waals surface area contributed by atoms with Crippen molar-refractivity contribution in [2.24, 2.45) is 11.3 Å². The van der Waals surface area contributed by atoms with E-state index in [9.17, 15) is 4.79 Å². The molecule has 0 N–H and O–H groups in total. The molecule has 5 nitrogen and oxygen atoms in total. The van der Waals surface area contributed by atoms with Gasteiger partial charge in [-0.05, 0) is 30.5 Å². The molecule has 1 heterocycles. The summed E-state index contributed by atoms with van der Waals surface area (Å²) in [4.78, 5) is 12.3. The van der Waals surface area contributed by atoms with Gasteiger partial charge in [0.2, 0.25) is 0 Å². The van der Waals surface area contributed by atoms with E-state index in [1.165, 1.54) is 0 Å². The summed E-state index contributed by atoms with van der Waals surface area (Å²) in [6.07, 6.45) is 4.23. The molecular formula is C21H26O5. The molecule has 1 aromatic carbocycles. The first-order chi connectivity index (χ1) is 12.5. The van der Waals surface area contributed by atoms with E-state index >= 15 is 0 Å². The van der Waals surface area contributed by atoms with Crippen molar-refractivity contribution in [3.8, 4) is 11.5 Å². The van der Waals surface area contributed by atoms with Crippen molar-refractivity contribution >= 4 is 5.78 Å². The lowest BCUT2D eigenvalue weighted by atomic mass is 9.65. The molecule has 0 aromatic heterocycles. The molecule has 1 fully saturated rings. The quantitative estimate of drug-likeness (QED) is 0.723. The van der Waals surface area contributed by atoms with Crippen LogP contribution in [0.5, 0.6) is 11.5 Å². The number of carbonyl (C=O) groups excluding carboxylic acids is 1. The molecule has 0 spiro atoms. The van der Waals surface area contributed by atoms with Crippen molar-refractivity contribution < 1.29 is 23.7 Å². The number of fused-ring (bicyclic) bond motifs is 1. The van der Waals surface area contributed by atoms with Crippen molar-refractivity contribution in [2.75, 3.05) is 21.3 Å². The highest BCUT2D eigenvalue weighted by atomic mass is 16.5. The van der Waals surface area contributed by atoms with Crippen LogP contribution in [-0.4, -0.2) is 33.2 Å². The van der Waals surface area contributed by atoms with Crippen molar-refractivity contribution in [1.29, 1.82) is 0 Å². The zero-order valence-electron chi connectivity index (χ0n) is 15.8. The molecule has 1 aliphatic carbocycles. The Morgan fingerprint density at radius 1 is 1.27 bits per heavy atom. The fraction of sp³-hybridized carbons (Fsp3) is 0.476. The molecule has 1 saturated heterocycles. The van der Waals surface area contributed by atoms with Gasteiger partial charge in [0.15, 0.2) is 17.3 Å². The second-order valence-electron chi connectivity index (χ2n) is 6.93. The van der Waals surface area contributed by atoms with Gasteiger partial charge < -0.3 is 18.9 Å². The molecule has 5 heteroatoms. The lowest BCUT2D eigenvalue weighted by Crippen LogP contribution is -2.39. The van der Waals surface area contributed by atoms with E-state index in [2.05, 4.69) is 13.5 Å². The molecule has 0 radical (unpaired) electrons. The molecule has 0 bridgehead atoms. The molecule has 0 amide bonds. The van der Waals surface area contributed by atoms with Crippen LogP contribution in [0.4, 0.5) is 0 Å². The normalized spacial score (nSPS) is 30.2. The summed E-state index contributed by atoms with van der Waals surface area (Å²) in [6, 6.07) is 5.80. The van der Waals surface area contributed by atoms with Crippen LogP contribution < -0.4 is 9.47 Å². The summed E-state index contributed by atoms with van der Waals surface area (Å²) in [6.45, 7) is 6.08. The summed E-state index contributed by atoms with van der Waals surface area (Å²) < 4.78 is 22.5. The molecule has 140 valence electrons. The third kappa shape index (κ3) is 2.80. The minimum Gasteiger partial charge on any atom is -0.493 e. The van der Waals surface area contributed by atoms with E-state index in [0.717, 1.165) is 17.7 Å². The highest BCUT2D eigenvalue weighted by Crippen LogP contribution is 2.59. The predicted molar refractivity (Wildman–Crippen MR) is 98.3 cm³/mol. The van der Waals surface area contributed by atoms with Gasteiger partial charge in [-0.2, -0.15) is 0 Å². The molecule has 1 aromatic rings. The van der Waals surface area contributed by atoms with Crippen LogP contribution in [0.25, 0.3) is 0 Å². The third-order valence-electron chi connectivity index (χ3n) is 5.74. The van der Waals surface area contributed by atoms with Gasteiger partial charge in [0.25, 0.3) is 0 Å². The van der Waals surface area contributed by atoms with Gasteiger partial charge in [0.05, 0.1) is 14.2 Å². The van der Waals surface area contributed by atoms with Crippen LogP contribution >= 0.6 is 0 Å². The average Bonchev–Trinajstić information content (AvgIpc) is 2.93. The smallest absolute Gasteiger partial charge is 0.187 e. The van der Waals surface area contributed by atoms with Gasteiger partial charge in [-0.15, -0.1) is 6.58 Å². The van der Waals surface area contributed by atoms with Gasteiger partial charge in [-0.1, -0.05) is 19.1 Å². The van der Waals surface area contributed by atoms with Crippen molar-refractivity contribution in [3.05, 3.63) is 48.3 Å². The maximum atomic E-state index is 12.3. The number of rotatable bonds is 6. The molecule has 26 heavy (non-hydrogen) atoms. The van der Waals surface area contributed by atoms with Crippen molar-refractivity contribution in [3.63, 3.8) is 0 Å². The van der Waals surface area contributed by atoms with Crippen LogP contribution in [0.15, 0.2) is 42.7 Å². The Morgan fingerprint density at radius 3 is 2.62 bits per heavy atom. The Balaban J connectivity index is 2.02. The zero-order valence-corrected chi connectivity index (χ0v) is 15.8. The highest BCUT2D eigenvalue weighted by molar-refractivity contribution is 5.95. The maximum Gasteiger partial charge on any atom is 0.187 e. The first-order valence-corrected chi connectivity index (χ1v) is 8.79. The van der Waals surface area contributed by atoms with Crippen molar-refractivity contribution in [2.45, 2.75) is 32.0 Å². The van der Waals surface area contributed by atoms with E-state index in [1.54, 1.807) is 27.4 Å². The fourth-order valence-electron chi connectivity index (χ4n) is 4.20. The van der Waals surface area contributed by atoms with Crippen LogP contribution in [0, 0.1) is 11.3 Å². The highest BCUT2D eigenvalue weighted by Gasteiger charge is 2.55. The molecule has 4 atom stereocenters. The van der Waals surface area contributed by atoms with E-state index in [4.69, 9.17) is 18.9 Å². The maximum absolute atomic E-state index is 12.3. The van der Waals surface area contributed by atoms with Crippen molar-refractivity contribution in [1.82, 2.24) is 0 Å². The van der Waals surface area contributed by atoms with Gasteiger partial charge in [-0.3, -0.25) is 4.79 Å². The lowest BCUT2D eigenvalue weighted by Gasteiger charge is -2.37. The average molecular weight is 358 g/mol. The summed E-state index contributed by atoms with van der Waals surface area (Å²) in [5.74, 6) is 2.18. The van der Waals surface area contributed by atoms with Gasteiger partial charge in [0, 0.05) is 24.5 Å². The number of ether oxygens (including phenoxy) is 4. The SMILES string of the molecule is C=CC[C@]12C[C@@H](OC)C(=O)C=C1O[C@H](c1ccc(OC)c(OC)c1)[C@H]2C. The van der Waals surface area contributed by atoms with Crippen LogP contribution in [0.2, 0.25) is 0 Å². The van der Waals surface area contributed by atoms with E-state index in [-0.39, 0.29) is 23.2 Å². The van der Waals surface area contributed by atoms with Crippen LogP contribution in [0.3, 0.4) is 0 Å². The number of methoxy groups -OCH3 is 3. The first kappa shape index (κ1) is 18.5. The fourth-order valence-corrected chi connectivity index (χ4v) is 4.20. The Morgan fingerprint density at radius 2 is 2.00 bits per heavy atom. The minimum absolute atomic E-state index is 0.0395. The minimum atomic E-state index is -0.436. The number of allylic oxidation sites excluding steroid dienone is 2. The molecule has 3 rings (SSSR count). The Labute approximate surface area is 154 Å². The van der Waals surface area contributed by atoms with Gasteiger partial charge in [-0.25, -0.2) is 0 Å². The summed E-state index contributed by atoms with van der Waals surface area (Å²) in [5, 5.41) is 0. The second kappa shape index (κ2) is 7.16. The Hall–Kier alpha value is -2.27. The first-order valence-electron chi connectivity index (χ1n) is 8.79. The largest absolute Gasteiger partial charge is 0.493 e. The monoisotopic (exact) mass is 358 g/mol. The van der Waals surface area contributed by atoms with E-state index in [1.807, 2.05) is 24.3 Å². The zero-order chi connectivity index (χ0) is 18.9. The Kier molecular flexibility index (Phi) is 5.10. The topological polar surface area (TPSA) is 54.0 Å². The van der Waals surface area contributed by atoms with E-state index < -0.39 is 6.10 Å². The molecule has 1 aliphatic heterocycles. The summed E-state index contributed by atoms with van der Waals surface area (Å²) in [7, 11) is 4.81. The van der Waals surface area contributed by atoms with E-state index in [0.29, 0.717) is 17.9 Å².